The standard InChI is InChI=1S/C14H24O/c1-5-6-7-8-9-14(12(2)3)11-10-13(4)15/h5,9,12H,1,6-8,10-11H2,2-4H3/b14-9-. The number of unbranched alkanes of at least 4 members (excludes halogenated alkanes) is 2. The fourth-order valence-electron chi connectivity index (χ4n) is 1.50. The first-order chi connectivity index (χ1) is 7.07. The molecule has 0 N–H and O–H groups in total. The first-order valence-corrected chi connectivity index (χ1v) is 5.87. The van der Waals surface area contributed by atoms with Gasteiger partial charge in [0.05, 0.1) is 0 Å². The van der Waals surface area contributed by atoms with Crippen molar-refractivity contribution in [3.8, 4) is 0 Å². The van der Waals surface area contributed by atoms with E-state index in [0.29, 0.717) is 12.3 Å². The van der Waals surface area contributed by atoms with Crippen LogP contribution in [0.1, 0.15) is 52.9 Å². The van der Waals surface area contributed by atoms with E-state index in [1.807, 2.05) is 6.08 Å². The molecule has 0 aliphatic heterocycles. The highest BCUT2D eigenvalue weighted by atomic mass is 16.1. The van der Waals surface area contributed by atoms with Crippen LogP contribution in [-0.4, -0.2) is 5.78 Å². The molecular formula is C14H24O. The maximum absolute atomic E-state index is 10.9. The Labute approximate surface area is 94.3 Å². The summed E-state index contributed by atoms with van der Waals surface area (Å²) < 4.78 is 0. The van der Waals surface area contributed by atoms with Gasteiger partial charge in [-0.2, -0.15) is 0 Å². The van der Waals surface area contributed by atoms with Gasteiger partial charge in [0, 0.05) is 6.42 Å². The Morgan fingerprint density at radius 2 is 1.93 bits per heavy atom. The molecule has 86 valence electrons. The van der Waals surface area contributed by atoms with Crippen LogP contribution in [0, 0.1) is 5.92 Å². The molecule has 0 atom stereocenters. The molecule has 0 aromatic heterocycles. The molecule has 0 saturated carbocycles. The van der Waals surface area contributed by atoms with Crippen molar-refractivity contribution in [2.24, 2.45) is 5.92 Å². The summed E-state index contributed by atoms with van der Waals surface area (Å²) in [5.74, 6) is 0.848. The Balaban J connectivity index is 4.01. The third kappa shape index (κ3) is 8.17. The Morgan fingerprint density at radius 1 is 1.27 bits per heavy atom. The van der Waals surface area contributed by atoms with Crippen LogP contribution < -0.4 is 0 Å². The van der Waals surface area contributed by atoms with Gasteiger partial charge in [0.1, 0.15) is 5.78 Å². The van der Waals surface area contributed by atoms with Gasteiger partial charge in [-0.05, 0) is 38.5 Å². The van der Waals surface area contributed by atoms with Crippen LogP contribution in [0.15, 0.2) is 24.3 Å². The van der Waals surface area contributed by atoms with Crippen molar-refractivity contribution in [2.75, 3.05) is 0 Å². The summed E-state index contributed by atoms with van der Waals surface area (Å²) in [4.78, 5) is 10.9. The van der Waals surface area contributed by atoms with Crippen molar-refractivity contribution in [3.05, 3.63) is 24.3 Å². The number of hydrogen-bond donors (Lipinski definition) is 0. The summed E-state index contributed by atoms with van der Waals surface area (Å²) in [6.45, 7) is 9.76. The highest BCUT2D eigenvalue weighted by Crippen LogP contribution is 2.17. The first-order valence-electron chi connectivity index (χ1n) is 5.87. The van der Waals surface area contributed by atoms with Gasteiger partial charge in [-0.1, -0.05) is 31.6 Å². The topological polar surface area (TPSA) is 17.1 Å². The maximum atomic E-state index is 10.9. The summed E-state index contributed by atoms with van der Waals surface area (Å²) in [5.41, 5.74) is 1.43. The van der Waals surface area contributed by atoms with E-state index in [0.717, 1.165) is 19.3 Å². The zero-order valence-corrected chi connectivity index (χ0v) is 10.4. The van der Waals surface area contributed by atoms with E-state index in [1.165, 1.54) is 12.0 Å². The number of rotatable bonds is 8. The lowest BCUT2D eigenvalue weighted by Crippen LogP contribution is -1.98. The van der Waals surface area contributed by atoms with Crippen molar-refractivity contribution in [1.29, 1.82) is 0 Å². The molecule has 0 aromatic carbocycles. The molecule has 0 aliphatic carbocycles. The molecule has 0 aromatic rings. The Hall–Kier alpha value is -0.850. The molecule has 0 rings (SSSR count). The van der Waals surface area contributed by atoms with Crippen molar-refractivity contribution >= 4 is 5.78 Å². The largest absolute Gasteiger partial charge is 0.300 e. The molecule has 0 heterocycles. The van der Waals surface area contributed by atoms with Gasteiger partial charge in [0.15, 0.2) is 0 Å². The number of ketones is 1. The van der Waals surface area contributed by atoms with Gasteiger partial charge in [-0.25, -0.2) is 0 Å². The van der Waals surface area contributed by atoms with Gasteiger partial charge in [0.25, 0.3) is 0 Å². The van der Waals surface area contributed by atoms with Crippen LogP contribution >= 0.6 is 0 Å². The molecule has 0 saturated heterocycles. The van der Waals surface area contributed by atoms with Gasteiger partial charge in [-0.15, -0.1) is 6.58 Å². The molecule has 1 heteroatoms. The Morgan fingerprint density at radius 3 is 2.40 bits per heavy atom. The monoisotopic (exact) mass is 208 g/mol. The second kappa shape index (κ2) is 8.46. The fraction of sp³-hybridized carbons (Fsp3) is 0.643. The van der Waals surface area contributed by atoms with E-state index in [1.54, 1.807) is 6.92 Å². The zero-order valence-electron chi connectivity index (χ0n) is 10.4. The number of carbonyl (C=O) groups excluding carboxylic acids is 1. The van der Waals surface area contributed by atoms with Crippen LogP contribution in [0.3, 0.4) is 0 Å². The van der Waals surface area contributed by atoms with Crippen molar-refractivity contribution in [3.63, 3.8) is 0 Å². The normalized spacial score (nSPS) is 11.9. The quantitative estimate of drug-likeness (QED) is 0.429. The Bertz CT molecular complexity index is 223. The lowest BCUT2D eigenvalue weighted by Gasteiger charge is -2.10. The molecular weight excluding hydrogens is 184 g/mol. The van der Waals surface area contributed by atoms with E-state index in [2.05, 4.69) is 26.5 Å². The lowest BCUT2D eigenvalue weighted by atomic mass is 9.96. The zero-order chi connectivity index (χ0) is 11.7. The number of hydrogen-bond acceptors (Lipinski definition) is 1. The van der Waals surface area contributed by atoms with E-state index in [9.17, 15) is 4.79 Å². The summed E-state index contributed by atoms with van der Waals surface area (Å²) in [6.07, 6.45) is 9.23. The number of carbonyl (C=O) groups is 1. The van der Waals surface area contributed by atoms with Crippen molar-refractivity contribution in [1.82, 2.24) is 0 Å². The molecule has 0 aliphatic rings. The molecule has 15 heavy (non-hydrogen) atoms. The minimum Gasteiger partial charge on any atom is -0.300 e. The van der Waals surface area contributed by atoms with Crippen LogP contribution in [-0.2, 0) is 4.79 Å². The number of Topliss-reactive ketones (excluding diaryl/α,β-unsaturated/α-hetero) is 1. The average Bonchev–Trinajstić information content (AvgIpc) is 2.15. The predicted octanol–water partition coefficient (Wildman–Crippen LogP) is 4.29. The van der Waals surface area contributed by atoms with Gasteiger partial charge in [0.2, 0.25) is 0 Å². The van der Waals surface area contributed by atoms with Crippen LogP contribution in [0.4, 0.5) is 0 Å². The summed E-state index contributed by atoms with van der Waals surface area (Å²) in [6, 6.07) is 0. The second-order valence-electron chi connectivity index (χ2n) is 4.36. The minimum absolute atomic E-state index is 0.285. The van der Waals surface area contributed by atoms with E-state index >= 15 is 0 Å². The van der Waals surface area contributed by atoms with Crippen LogP contribution in [0.25, 0.3) is 0 Å². The minimum atomic E-state index is 0.285. The SMILES string of the molecule is C=CCCC/C=C(/CCC(C)=O)C(C)C. The fourth-order valence-corrected chi connectivity index (χ4v) is 1.50. The van der Waals surface area contributed by atoms with E-state index < -0.39 is 0 Å². The number of allylic oxidation sites excluding steroid dienone is 3. The smallest absolute Gasteiger partial charge is 0.130 e. The molecule has 0 bridgehead atoms. The summed E-state index contributed by atoms with van der Waals surface area (Å²) in [5, 5.41) is 0. The predicted molar refractivity (Wildman–Crippen MR) is 66.9 cm³/mol. The van der Waals surface area contributed by atoms with E-state index in [-0.39, 0.29) is 5.78 Å². The summed E-state index contributed by atoms with van der Waals surface area (Å²) >= 11 is 0. The van der Waals surface area contributed by atoms with Crippen LogP contribution in [0.2, 0.25) is 0 Å². The van der Waals surface area contributed by atoms with Crippen LogP contribution in [0.5, 0.6) is 0 Å². The van der Waals surface area contributed by atoms with Gasteiger partial charge in [-0.3, -0.25) is 0 Å². The lowest BCUT2D eigenvalue weighted by molar-refractivity contribution is -0.116. The molecule has 0 spiro atoms. The van der Waals surface area contributed by atoms with Crippen molar-refractivity contribution in [2.45, 2.75) is 52.9 Å². The van der Waals surface area contributed by atoms with Gasteiger partial charge < -0.3 is 4.79 Å². The first kappa shape index (κ1) is 14.2. The molecule has 0 unspecified atom stereocenters. The van der Waals surface area contributed by atoms with Gasteiger partial charge >= 0.3 is 0 Å². The summed E-state index contributed by atoms with van der Waals surface area (Å²) in [7, 11) is 0. The molecule has 0 radical (unpaired) electrons. The second-order valence-corrected chi connectivity index (χ2v) is 4.36. The van der Waals surface area contributed by atoms with Crippen molar-refractivity contribution < 1.29 is 4.79 Å². The Kier molecular flexibility index (Phi) is 7.98. The molecule has 1 nitrogen and oxygen atoms in total. The third-order valence-corrected chi connectivity index (χ3v) is 2.53. The third-order valence-electron chi connectivity index (χ3n) is 2.53. The highest BCUT2D eigenvalue weighted by molar-refractivity contribution is 5.75. The maximum Gasteiger partial charge on any atom is 0.130 e. The molecule has 0 fully saturated rings. The average molecular weight is 208 g/mol. The van der Waals surface area contributed by atoms with E-state index in [4.69, 9.17) is 0 Å². The highest BCUT2D eigenvalue weighted by Gasteiger charge is 2.04. The molecule has 0 amide bonds.